The molecule has 1 fully saturated rings. The van der Waals surface area contributed by atoms with Gasteiger partial charge in [-0.25, -0.2) is 0 Å². The molecule has 0 bridgehead atoms. The molecule has 152 valence electrons. The number of fused-ring (bicyclic) bond motifs is 3. The summed E-state index contributed by atoms with van der Waals surface area (Å²) in [4.78, 5) is 18.0. The maximum atomic E-state index is 12.2. The molecule has 1 saturated heterocycles. The van der Waals surface area contributed by atoms with Crippen LogP contribution >= 0.6 is 11.6 Å². The normalized spacial score (nSPS) is 14.5. The molecule has 0 aliphatic carbocycles. The highest BCUT2D eigenvalue weighted by Crippen LogP contribution is 2.36. The van der Waals surface area contributed by atoms with E-state index in [1.165, 1.54) is 0 Å². The number of rotatable bonds is 3. The molecule has 0 spiro atoms. The van der Waals surface area contributed by atoms with Gasteiger partial charge in [0, 0.05) is 48.2 Å². The van der Waals surface area contributed by atoms with E-state index in [2.05, 4.69) is 33.4 Å². The Morgan fingerprint density at radius 3 is 2.53 bits per heavy atom. The van der Waals surface area contributed by atoms with Crippen LogP contribution in [-0.2, 0) is 0 Å². The highest BCUT2D eigenvalue weighted by atomic mass is 35.5. The van der Waals surface area contributed by atoms with E-state index in [0.717, 1.165) is 64.8 Å². The van der Waals surface area contributed by atoms with Crippen LogP contribution in [-0.4, -0.2) is 42.2 Å². The van der Waals surface area contributed by atoms with Crippen LogP contribution in [0.1, 0.15) is 10.4 Å². The predicted molar refractivity (Wildman–Crippen MR) is 122 cm³/mol. The Labute approximate surface area is 178 Å². The van der Waals surface area contributed by atoms with E-state index in [4.69, 9.17) is 17.3 Å². The third-order valence-corrected chi connectivity index (χ3v) is 6.02. The molecular weight excluding hydrogens is 400 g/mol. The average molecular weight is 421 g/mol. The van der Waals surface area contributed by atoms with Gasteiger partial charge in [-0.05, 0) is 47.5 Å². The van der Waals surface area contributed by atoms with Gasteiger partial charge in [0.25, 0.3) is 5.91 Å². The summed E-state index contributed by atoms with van der Waals surface area (Å²) in [7, 11) is 0. The van der Waals surface area contributed by atoms with Crippen molar-refractivity contribution in [3.63, 3.8) is 0 Å². The molecular formula is C23H21ClN4O2. The Balaban J connectivity index is 1.70. The highest BCUT2D eigenvalue weighted by molar-refractivity contribution is 6.32. The van der Waals surface area contributed by atoms with Crippen LogP contribution in [0.15, 0.2) is 48.5 Å². The molecule has 5 rings (SSSR count). The van der Waals surface area contributed by atoms with Crippen LogP contribution in [0.25, 0.3) is 32.9 Å². The number of hydrogen-bond acceptors (Lipinski definition) is 4. The number of H-pyrrole nitrogens is 1. The van der Waals surface area contributed by atoms with Crippen molar-refractivity contribution in [2.45, 2.75) is 0 Å². The highest BCUT2D eigenvalue weighted by Gasteiger charge is 2.17. The molecule has 1 amide bonds. The van der Waals surface area contributed by atoms with Crippen molar-refractivity contribution in [2.24, 2.45) is 5.73 Å². The maximum absolute atomic E-state index is 12.2. The van der Waals surface area contributed by atoms with Crippen molar-refractivity contribution >= 4 is 45.0 Å². The second kappa shape index (κ2) is 7.23. The molecule has 1 aliphatic heterocycles. The standard InChI is InChI=1S/C23H21ClN4O2/c24-19-11-13(1-4-21(19)29)14-9-17-16-3-2-15(28-7-5-26-6-8-28)12-20(16)27-22(17)18(10-14)23(25)30/h1-4,9-12,26-27,29H,5-8H2,(H2,25,30). The summed E-state index contributed by atoms with van der Waals surface area (Å²) in [5.41, 5.74) is 10.6. The minimum Gasteiger partial charge on any atom is -0.506 e. The lowest BCUT2D eigenvalue weighted by molar-refractivity contribution is 0.100. The number of phenols is 1. The van der Waals surface area contributed by atoms with Crippen LogP contribution in [0, 0.1) is 0 Å². The summed E-state index contributed by atoms with van der Waals surface area (Å²) in [6.45, 7) is 3.86. The van der Waals surface area contributed by atoms with Crippen LogP contribution in [0.2, 0.25) is 5.02 Å². The van der Waals surface area contributed by atoms with E-state index in [0.29, 0.717) is 5.56 Å². The van der Waals surface area contributed by atoms with E-state index in [1.54, 1.807) is 24.3 Å². The third kappa shape index (κ3) is 3.14. The van der Waals surface area contributed by atoms with Gasteiger partial charge >= 0.3 is 0 Å². The third-order valence-electron chi connectivity index (χ3n) is 5.72. The second-order valence-electron chi connectivity index (χ2n) is 7.57. The van der Waals surface area contributed by atoms with Crippen LogP contribution in [0.4, 0.5) is 5.69 Å². The fraction of sp³-hybridized carbons (Fsp3) is 0.174. The number of hydrogen-bond donors (Lipinski definition) is 4. The van der Waals surface area contributed by atoms with E-state index in [1.807, 2.05) is 6.07 Å². The van der Waals surface area contributed by atoms with Crippen molar-refractivity contribution in [3.8, 4) is 16.9 Å². The van der Waals surface area contributed by atoms with Crippen molar-refractivity contribution < 1.29 is 9.90 Å². The summed E-state index contributed by atoms with van der Waals surface area (Å²) in [5.74, 6) is -0.482. The van der Waals surface area contributed by atoms with E-state index in [-0.39, 0.29) is 10.8 Å². The first-order chi connectivity index (χ1) is 14.5. The van der Waals surface area contributed by atoms with Crippen molar-refractivity contribution in [1.29, 1.82) is 0 Å². The van der Waals surface area contributed by atoms with Gasteiger partial charge in [-0.2, -0.15) is 0 Å². The first kappa shape index (κ1) is 18.8. The van der Waals surface area contributed by atoms with Gasteiger partial charge in [0.05, 0.1) is 16.1 Å². The monoisotopic (exact) mass is 420 g/mol. The van der Waals surface area contributed by atoms with Crippen molar-refractivity contribution in [3.05, 3.63) is 59.1 Å². The van der Waals surface area contributed by atoms with Crippen molar-refractivity contribution in [1.82, 2.24) is 10.3 Å². The summed E-state index contributed by atoms with van der Waals surface area (Å²) in [5, 5.41) is 15.3. The number of nitrogens with two attached hydrogens (primary N) is 1. The summed E-state index contributed by atoms with van der Waals surface area (Å²) in [6.07, 6.45) is 0. The SMILES string of the molecule is NC(=O)c1cc(-c2ccc(O)c(Cl)c2)cc2c1[nH]c1cc(N3CCNCC3)ccc12. The summed E-state index contributed by atoms with van der Waals surface area (Å²) in [6, 6.07) is 15.1. The van der Waals surface area contributed by atoms with E-state index < -0.39 is 5.91 Å². The number of piperazine rings is 1. The van der Waals surface area contributed by atoms with Gasteiger partial charge in [0.15, 0.2) is 0 Å². The molecule has 7 heteroatoms. The Hall–Kier alpha value is -3.22. The molecule has 2 heterocycles. The van der Waals surface area contributed by atoms with Gasteiger partial charge in [0.1, 0.15) is 5.75 Å². The fourth-order valence-corrected chi connectivity index (χ4v) is 4.34. The molecule has 1 aromatic heterocycles. The topological polar surface area (TPSA) is 94.4 Å². The fourth-order valence-electron chi connectivity index (χ4n) is 4.16. The van der Waals surface area contributed by atoms with Gasteiger partial charge in [0.2, 0.25) is 0 Å². The Kier molecular flexibility index (Phi) is 4.53. The van der Waals surface area contributed by atoms with E-state index in [9.17, 15) is 9.90 Å². The second-order valence-corrected chi connectivity index (χ2v) is 7.98. The number of aromatic nitrogens is 1. The number of anilines is 1. The number of carbonyl (C=O) groups is 1. The quantitative estimate of drug-likeness (QED) is 0.405. The molecule has 30 heavy (non-hydrogen) atoms. The molecule has 0 atom stereocenters. The maximum Gasteiger partial charge on any atom is 0.250 e. The van der Waals surface area contributed by atoms with Crippen molar-refractivity contribution in [2.75, 3.05) is 31.1 Å². The first-order valence-corrected chi connectivity index (χ1v) is 10.2. The number of nitrogens with one attached hydrogen (secondary N) is 2. The van der Waals surface area contributed by atoms with Crippen LogP contribution in [0.3, 0.4) is 0 Å². The minimum absolute atomic E-state index is 0.0177. The zero-order chi connectivity index (χ0) is 20.8. The average Bonchev–Trinajstić information content (AvgIpc) is 3.13. The predicted octanol–water partition coefficient (Wildman–Crippen LogP) is 3.86. The first-order valence-electron chi connectivity index (χ1n) is 9.85. The van der Waals surface area contributed by atoms with Crippen LogP contribution < -0.4 is 16.0 Å². The molecule has 1 aliphatic rings. The zero-order valence-corrected chi connectivity index (χ0v) is 17.0. The smallest absolute Gasteiger partial charge is 0.250 e. The number of aromatic hydroxyl groups is 1. The summed E-state index contributed by atoms with van der Waals surface area (Å²) >= 11 is 6.09. The number of aromatic amines is 1. The number of primary amides is 1. The largest absolute Gasteiger partial charge is 0.506 e. The summed E-state index contributed by atoms with van der Waals surface area (Å²) < 4.78 is 0. The van der Waals surface area contributed by atoms with Crippen LogP contribution in [0.5, 0.6) is 5.75 Å². The minimum atomic E-state index is -0.499. The Bertz CT molecular complexity index is 1290. The molecule has 0 saturated carbocycles. The molecule has 4 aromatic rings. The zero-order valence-electron chi connectivity index (χ0n) is 16.2. The molecule has 3 aromatic carbocycles. The number of nitrogens with zero attached hydrogens (tertiary/aromatic N) is 1. The van der Waals surface area contributed by atoms with Gasteiger partial charge in [-0.15, -0.1) is 0 Å². The number of amides is 1. The molecule has 0 radical (unpaired) electrons. The number of benzene rings is 3. The number of carbonyl (C=O) groups excluding carboxylic acids is 1. The lowest BCUT2D eigenvalue weighted by atomic mass is 9.98. The number of halogens is 1. The molecule has 6 nitrogen and oxygen atoms in total. The lowest BCUT2D eigenvalue weighted by Gasteiger charge is -2.29. The lowest BCUT2D eigenvalue weighted by Crippen LogP contribution is -2.43. The van der Waals surface area contributed by atoms with Gasteiger partial charge in [-0.1, -0.05) is 23.7 Å². The number of phenolic OH excluding ortho intramolecular Hbond substituents is 1. The van der Waals surface area contributed by atoms with Gasteiger partial charge < -0.3 is 26.0 Å². The molecule has 0 unspecified atom stereocenters. The molecule has 5 N–H and O–H groups in total. The van der Waals surface area contributed by atoms with E-state index >= 15 is 0 Å². The van der Waals surface area contributed by atoms with Gasteiger partial charge in [-0.3, -0.25) is 4.79 Å². The Morgan fingerprint density at radius 1 is 1.00 bits per heavy atom. The Morgan fingerprint density at radius 2 is 1.80 bits per heavy atom.